The molecule has 2 N–H and O–H groups in total. The third-order valence-corrected chi connectivity index (χ3v) is 1.03. The van der Waals surface area contributed by atoms with Crippen LogP contribution in [-0.4, -0.2) is 74.5 Å². The third kappa shape index (κ3) is 9.44. The minimum atomic E-state index is -5.42. The molecule has 0 aliphatic carbocycles. The molecule has 1 unspecified atom stereocenters. The van der Waals surface area contributed by atoms with Gasteiger partial charge in [0, 0.05) is 0 Å². The summed E-state index contributed by atoms with van der Waals surface area (Å²) in [5, 5.41) is 16.1. The zero-order valence-corrected chi connectivity index (χ0v) is 5.37. The maximum atomic E-state index is 9.61. The molecule has 0 amide bonds. The van der Waals surface area contributed by atoms with Crippen molar-refractivity contribution in [3.8, 4) is 0 Å². The molecule has 0 spiro atoms. The second-order valence-corrected chi connectivity index (χ2v) is 2.56. The van der Waals surface area contributed by atoms with E-state index in [4.69, 9.17) is 10.2 Å². The Morgan fingerprint density at radius 3 is 1.90 bits per heavy atom. The quantitative estimate of drug-likeness (QED) is 0.412. The normalized spacial score (nSPS) is 13.8. The number of hydrogen-bond acceptors (Lipinski definition) is 6. The Labute approximate surface area is 101 Å². The van der Waals surface area contributed by atoms with Crippen molar-refractivity contribution in [1.82, 2.24) is 0 Å². The summed E-state index contributed by atoms with van der Waals surface area (Å²) < 4.78 is 32.2. The Kier molecular flexibility index (Phi) is 8.40. The molecule has 0 bridgehead atoms. The third-order valence-electron chi connectivity index (χ3n) is 0.368. The van der Waals surface area contributed by atoms with Crippen molar-refractivity contribution in [2.75, 3.05) is 6.61 Å². The molecule has 0 aliphatic heterocycles. The molecule has 0 aromatic carbocycles. The van der Waals surface area contributed by atoms with Gasteiger partial charge in [-0.1, -0.05) is 0 Å². The van der Waals surface area contributed by atoms with Crippen molar-refractivity contribution >= 4 is 51.4 Å². The zero-order valence-electron chi connectivity index (χ0n) is 4.19. The topological polar surface area (TPSA) is 101 Å². The second kappa shape index (κ2) is 6.01. The van der Waals surface area contributed by atoms with Crippen molar-refractivity contribution in [2.24, 2.45) is 0 Å². The van der Waals surface area contributed by atoms with Gasteiger partial charge in [0.25, 0.3) is 0 Å². The van der Waals surface area contributed by atoms with Gasteiger partial charge in [-0.15, -0.1) is 0 Å². The molecule has 0 heterocycles. The molecule has 10 heavy (non-hydrogen) atoms. The predicted octanol–water partition coefficient (Wildman–Crippen LogP) is -2.23. The van der Waals surface area contributed by atoms with Crippen LogP contribution < -0.4 is 0 Å². The molecule has 8 heteroatoms. The summed E-state index contributed by atoms with van der Waals surface area (Å²) in [6, 6.07) is 0. The van der Waals surface area contributed by atoms with Crippen LogP contribution in [0.15, 0.2) is 0 Å². The Balaban J connectivity index is 0. The molecule has 0 aromatic heterocycles. The molecule has 58 valence electrons. The molecular weight excluding hydrogens is 214 g/mol. The number of hydrogen-bond donors (Lipinski definition) is 2. The van der Waals surface area contributed by atoms with Crippen LogP contribution in [0.25, 0.3) is 0 Å². The first kappa shape index (κ1) is 14.0. The first-order chi connectivity index (χ1) is 3.95. The van der Waals surface area contributed by atoms with Crippen LogP contribution in [0.5, 0.6) is 0 Å². The molecule has 0 rings (SSSR count). The SMILES string of the molecule is [KH].[O]=[Mn](=[O])(=[O])[O]C(O)CO. The van der Waals surface area contributed by atoms with Crippen LogP contribution in [0.4, 0.5) is 0 Å². The summed E-state index contributed by atoms with van der Waals surface area (Å²) in [5.41, 5.74) is 0. The maximum absolute atomic E-state index is 9.61. The van der Waals surface area contributed by atoms with Crippen molar-refractivity contribution in [1.29, 1.82) is 0 Å². The van der Waals surface area contributed by atoms with E-state index in [1.54, 1.807) is 0 Å². The van der Waals surface area contributed by atoms with E-state index < -0.39 is 25.9 Å². The summed E-state index contributed by atoms with van der Waals surface area (Å²) in [5.74, 6) is 0. The van der Waals surface area contributed by atoms with Gasteiger partial charge in [-0.2, -0.15) is 0 Å². The Hall–Kier alpha value is 1.44. The molecule has 0 radical (unpaired) electrons. The molecular formula is C2H6KMnO6. The van der Waals surface area contributed by atoms with E-state index in [1.807, 2.05) is 0 Å². The first-order valence-corrected chi connectivity index (χ1v) is 3.76. The van der Waals surface area contributed by atoms with Gasteiger partial charge in [-0.05, 0) is 0 Å². The molecule has 0 saturated heterocycles. The fourth-order valence-corrected chi connectivity index (χ4v) is 0.635. The van der Waals surface area contributed by atoms with Gasteiger partial charge in [0.2, 0.25) is 0 Å². The van der Waals surface area contributed by atoms with Crippen molar-refractivity contribution in [3.63, 3.8) is 0 Å². The van der Waals surface area contributed by atoms with Gasteiger partial charge in [0.15, 0.2) is 0 Å². The Morgan fingerprint density at radius 2 is 1.80 bits per heavy atom. The summed E-state index contributed by atoms with van der Waals surface area (Å²) >= 11 is -5.42. The molecule has 6 nitrogen and oxygen atoms in total. The van der Waals surface area contributed by atoms with Gasteiger partial charge in [0.1, 0.15) is 0 Å². The molecule has 0 saturated carbocycles. The monoisotopic (exact) mass is 220 g/mol. The Morgan fingerprint density at radius 1 is 1.40 bits per heavy atom. The number of aliphatic hydroxyl groups is 2. The summed E-state index contributed by atoms with van der Waals surface area (Å²) in [4.78, 5) is 0. The van der Waals surface area contributed by atoms with E-state index in [2.05, 4.69) is 3.82 Å². The summed E-state index contributed by atoms with van der Waals surface area (Å²) in [6.45, 7) is -0.915. The van der Waals surface area contributed by atoms with Crippen LogP contribution in [0.2, 0.25) is 0 Å². The second-order valence-electron chi connectivity index (χ2n) is 1.10. The van der Waals surface area contributed by atoms with Crippen molar-refractivity contribution < 1.29 is 38.5 Å². The minimum absolute atomic E-state index is 0. The number of aliphatic hydroxyl groups excluding tert-OH is 2. The first-order valence-electron chi connectivity index (χ1n) is 1.84. The van der Waals surface area contributed by atoms with Crippen LogP contribution in [0.1, 0.15) is 0 Å². The zero-order chi connectivity index (χ0) is 7.49. The molecule has 0 fully saturated rings. The summed E-state index contributed by atoms with van der Waals surface area (Å²) in [7, 11) is 0. The average Bonchev–Trinajstić information content (AvgIpc) is 1.62. The van der Waals surface area contributed by atoms with Gasteiger partial charge < -0.3 is 0 Å². The standard InChI is InChI=1S/C2H5O3.K.Mn.3O.H/c3-1-2(4)5;;;;;;/h2-4H,1H2;;;;;;/q-1;;+1;;;;. The van der Waals surface area contributed by atoms with E-state index in [-0.39, 0.29) is 51.4 Å². The molecule has 1 atom stereocenters. The van der Waals surface area contributed by atoms with Crippen LogP contribution >= 0.6 is 0 Å². The fraction of sp³-hybridized carbons (Fsp3) is 1.00. The molecule has 0 aromatic rings. The van der Waals surface area contributed by atoms with Gasteiger partial charge in [0.05, 0.1) is 0 Å². The van der Waals surface area contributed by atoms with Crippen molar-refractivity contribution in [2.45, 2.75) is 6.29 Å². The van der Waals surface area contributed by atoms with E-state index in [0.717, 1.165) is 0 Å². The van der Waals surface area contributed by atoms with Crippen LogP contribution in [0.3, 0.4) is 0 Å². The van der Waals surface area contributed by atoms with E-state index in [9.17, 15) is 11.5 Å². The van der Waals surface area contributed by atoms with Gasteiger partial charge >= 0.3 is 103 Å². The van der Waals surface area contributed by atoms with Gasteiger partial charge in [-0.25, -0.2) is 0 Å². The average molecular weight is 220 g/mol. The van der Waals surface area contributed by atoms with E-state index >= 15 is 0 Å². The van der Waals surface area contributed by atoms with Gasteiger partial charge in [-0.3, -0.25) is 0 Å². The molecule has 0 aliphatic rings. The van der Waals surface area contributed by atoms with Crippen LogP contribution in [-0.2, 0) is 28.3 Å². The van der Waals surface area contributed by atoms with Crippen LogP contribution in [0, 0.1) is 0 Å². The van der Waals surface area contributed by atoms with Crippen molar-refractivity contribution in [3.05, 3.63) is 0 Å². The predicted molar refractivity (Wildman–Crippen MR) is 23.4 cm³/mol. The van der Waals surface area contributed by atoms with E-state index in [1.165, 1.54) is 0 Å². The Bertz CT molecular complexity index is 197. The summed E-state index contributed by atoms with van der Waals surface area (Å²) in [6.07, 6.45) is -1.93. The number of rotatable bonds is 3. The van der Waals surface area contributed by atoms with E-state index in [0.29, 0.717) is 0 Å². The fourth-order valence-electron chi connectivity index (χ4n) is 0.154.